The second-order valence-corrected chi connectivity index (χ2v) is 19.5. The normalized spacial score (nSPS) is 26.3. The number of hydrogen-bond donors (Lipinski definition) is 0. The fourth-order valence-corrected chi connectivity index (χ4v) is 4.87. The molecule has 0 amide bonds. The van der Waals surface area contributed by atoms with Gasteiger partial charge in [0, 0.05) is 5.41 Å². The molecule has 25 heavy (non-hydrogen) atoms. The first-order valence-electron chi connectivity index (χ1n) is 8.99. The SMILES string of the molecule is C#C[C@@H]1OC(C)(C)O[C@@H]1[C@](C#C[Si](C)(C)C)(O[Si](C)(C)C)C(C)(C)C. The summed E-state index contributed by atoms with van der Waals surface area (Å²) in [6.45, 7) is 23.5. The van der Waals surface area contributed by atoms with Crippen LogP contribution >= 0.6 is 0 Å². The smallest absolute Gasteiger partial charge is 0.185 e. The van der Waals surface area contributed by atoms with E-state index in [1.807, 2.05) is 13.8 Å². The second-order valence-electron chi connectivity index (χ2n) is 10.3. The summed E-state index contributed by atoms with van der Waals surface area (Å²) < 4.78 is 19.1. The molecule has 1 aliphatic rings. The van der Waals surface area contributed by atoms with Crippen molar-refractivity contribution in [2.75, 3.05) is 0 Å². The molecule has 0 radical (unpaired) electrons. The summed E-state index contributed by atoms with van der Waals surface area (Å²) >= 11 is 0. The number of ether oxygens (including phenoxy) is 2. The van der Waals surface area contributed by atoms with Crippen molar-refractivity contribution in [1.82, 2.24) is 0 Å². The summed E-state index contributed by atoms with van der Waals surface area (Å²) in [5.41, 5.74) is 2.42. The molecule has 0 aromatic carbocycles. The van der Waals surface area contributed by atoms with Gasteiger partial charge in [0.1, 0.15) is 14.2 Å². The van der Waals surface area contributed by atoms with Crippen LogP contribution in [0.4, 0.5) is 0 Å². The summed E-state index contributed by atoms with van der Waals surface area (Å²) in [5.74, 6) is 5.55. The van der Waals surface area contributed by atoms with E-state index >= 15 is 0 Å². The minimum atomic E-state index is -1.95. The van der Waals surface area contributed by atoms with Crippen LogP contribution in [0, 0.1) is 29.2 Å². The predicted octanol–water partition coefficient (Wildman–Crippen LogP) is 4.66. The first-order valence-corrected chi connectivity index (χ1v) is 15.9. The zero-order chi connectivity index (χ0) is 19.9. The maximum atomic E-state index is 6.78. The van der Waals surface area contributed by atoms with Gasteiger partial charge in [0.05, 0.1) is 0 Å². The Balaban J connectivity index is 3.64. The van der Waals surface area contributed by atoms with Crippen molar-refractivity contribution in [2.45, 2.75) is 97.5 Å². The Kier molecular flexibility index (Phi) is 6.18. The van der Waals surface area contributed by atoms with Gasteiger partial charge in [0.2, 0.25) is 0 Å². The summed E-state index contributed by atoms with van der Waals surface area (Å²) in [6.07, 6.45) is 4.88. The zero-order valence-electron chi connectivity index (χ0n) is 18.0. The van der Waals surface area contributed by atoms with Crippen LogP contribution in [-0.4, -0.2) is 40.0 Å². The van der Waals surface area contributed by atoms with Gasteiger partial charge in [-0.2, -0.15) is 0 Å². The first-order chi connectivity index (χ1) is 10.9. The van der Waals surface area contributed by atoms with Gasteiger partial charge >= 0.3 is 0 Å². The van der Waals surface area contributed by atoms with Crippen molar-refractivity contribution in [1.29, 1.82) is 0 Å². The third kappa shape index (κ3) is 5.71. The molecule has 3 atom stereocenters. The molecule has 0 aromatic rings. The van der Waals surface area contributed by atoms with Gasteiger partial charge in [-0.25, -0.2) is 0 Å². The Morgan fingerprint density at radius 3 is 1.88 bits per heavy atom. The highest BCUT2D eigenvalue weighted by Crippen LogP contribution is 2.46. The molecule has 5 heteroatoms. The number of hydrogen-bond acceptors (Lipinski definition) is 3. The van der Waals surface area contributed by atoms with E-state index in [2.05, 4.69) is 77.4 Å². The number of rotatable bonds is 3. The van der Waals surface area contributed by atoms with E-state index in [1.54, 1.807) is 0 Å². The van der Waals surface area contributed by atoms with Crippen LogP contribution in [0.25, 0.3) is 0 Å². The van der Waals surface area contributed by atoms with Crippen molar-refractivity contribution < 1.29 is 13.9 Å². The first kappa shape index (κ1) is 22.5. The fourth-order valence-electron chi connectivity index (χ4n) is 2.87. The van der Waals surface area contributed by atoms with Crippen LogP contribution in [-0.2, 0) is 13.9 Å². The van der Waals surface area contributed by atoms with Crippen molar-refractivity contribution in [3.05, 3.63) is 0 Å². The summed E-state index contributed by atoms with van der Waals surface area (Å²) in [5, 5.41) is 0. The van der Waals surface area contributed by atoms with Crippen LogP contribution in [0.2, 0.25) is 39.3 Å². The molecule has 0 saturated carbocycles. The molecule has 0 unspecified atom stereocenters. The van der Waals surface area contributed by atoms with Crippen molar-refractivity contribution >= 4 is 16.4 Å². The monoisotopic (exact) mass is 380 g/mol. The molecule has 0 spiro atoms. The lowest BCUT2D eigenvalue weighted by Gasteiger charge is -2.48. The molecule has 0 aromatic heterocycles. The van der Waals surface area contributed by atoms with Crippen LogP contribution < -0.4 is 0 Å². The van der Waals surface area contributed by atoms with Gasteiger partial charge in [-0.15, -0.1) is 12.0 Å². The molecule has 1 saturated heterocycles. The molecule has 0 N–H and O–H groups in total. The molecule has 1 fully saturated rings. The van der Waals surface area contributed by atoms with Gasteiger partial charge in [-0.3, -0.25) is 0 Å². The van der Waals surface area contributed by atoms with Gasteiger partial charge in [-0.1, -0.05) is 52.3 Å². The molecule has 1 aliphatic heterocycles. The van der Waals surface area contributed by atoms with Crippen molar-refractivity contribution in [3.8, 4) is 23.8 Å². The molecule has 142 valence electrons. The Bertz CT molecular complexity index is 588. The average molecular weight is 381 g/mol. The van der Waals surface area contributed by atoms with Crippen LogP contribution in [0.5, 0.6) is 0 Å². The molecular weight excluding hydrogens is 344 g/mol. The highest BCUT2D eigenvalue weighted by Gasteiger charge is 2.59. The molecule has 0 aliphatic carbocycles. The number of terminal acetylenes is 1. The third-order valence-corrected chi connectivity index (χ3v) is 5.68. The van der Waals surface area contributed by atoms with Crippen LogP contribution in [0.15, 0.2) is 0 Å². The Labute approximate surface area is 157 Å². The minimum absolute atomic E-state index is 0.288. The van der Waals surface area contributed by atoms with Gasteiger partial charge < -0.3 is 13.9 Å². The van der Waals surface area contributed by atoms with E-state index in [1.165, 1.54) is 0 Å². The lowest BCUT2D eigenvalue weighted by atomic mass is 9.72. The Hall–Kier alpha value is -0.566. The topological polar surface area (TPSA) is 27.7 Å². The second kappa shape index (κ2) is 6.87. The van der Waals surface area contributed by atoms with E-state index in [4.69, 9.17) is 20.3 Å². The average Bonchev–Trinajstić information content (AvgIpc) is 2.66. The Morgan fingerprint density at radius 2 is 1.52 bits per heavy atom. The molecule has 1 rings (SSSR count). The van der Waals surface area contributed by atoms with Crippen LogP contribution in [0.3, 0.4) is 0 Å². The molecule has 1 heterocycles. The van der Waals surface area contributed by atoms with Crippen molar-refractivity contribution in [2.24, 2.45) is 5.41 Å². The quantitative estimate of drug-likeness (QED) is 0.526. The Morgan fingerprint density at radius 1 is 1.00 bits per heavy atom. The van der Waals surface area contributed by atoms with Gasteiger partial charge in [0.15, 0.2) is 25.8 Å². The lowest BCUT2D eigenvalue weighted by Crippen LogP contribution is -2.61. The standard InChI is InChI=1S/C20H36O3Si2/c1-13-16-17(22-19(5,6)21-16)20(18(2,3)4,23-25(10,11)12)14-15-24(7,8)9/h1,16-17H,2-12H3/t16-,17-,20-/m0/s1. The van der Waals surface area contributed by atoms with Crippen LogP contribution in [0.1, 0.15) is 34.6 Å². The maximum Gasteiger partial charge on any atom is 0.185 e. The molecule has 0 bridgehead atoms. The third-order valence-electron chi connectivity index (χ3n) is 3.87. The highest BCUT2D eigenvalue weighted by atomic mass is 28.4. The predicted molar refractivity (Wildman–Crippen MR) is 110 cm³/mol. The molecule has 3 nitrogen and oxygen atoms in total. The lowest BCUT2D eigenvalue weighted by molar-refractivity contribution is -0.171. The zero-order valence-corrected chi connectivity index (χ0v) is 20.0. The van der Waals surface area contributed by atoms with Crippen molar-refractivity contribution in [3.63, 3.8) is 0 Å². The summed E-state index contributed by atoms with van der Waals surface area (Å²) in [7, 11) is -3.56. The van der Waals surface area contributed by atoms with Gasteiger partial charge in [-0.05, 0) is 33.5 Å². The van der Waals surface area contributed by atoms with Gasteiger partial charge in [0.25, 0.3) is 0 Å². The minimum Gasteiger partial charge on any atom is -0.399 e. The summed E-state index contributed by atoms with van der Waals surface area (Å²) in [6, 6.07) is 0. The van der Waals surface area contributed by atoms with E-state index < -0.39 is 40.0 Å². The van der Waals surface area contributed by atoms with E-state index in [0.29, 0.717) is 0 Å². The largest absolute Gasteiger partial charge is 0.399 e. The molecular formula is C20H36O3Si2. The van der Waals surface area contributed by atoms with E-state index in [9.17, 15) is 0 Å². The van der Waals surface area contributed by atoms with E-state index in [-0.39, 0.29) is 5.41 Å². The maximum absolute atomic E-state index is 6.78. The van der Waals surface area contributed by atoms with E-state index in [0.717, 1.165) is 0 Å². The highest BCUT2D eigenvalue weighted by molar-refractivity contribution is 6.83. The fraction of sp³-hybridized carbons (Fsp3) is 0.800. The summed E-state index contributed by atoms with van der Waals surface area (Å²) in [4.78, 5) is 0.